The molecule has 1 aromatic carbocycles. The molecule has 1 atom stereocenters. The lowest BCUT2D eigenvalue weighted by Crippen LogP contribution is -2.39. The van der Waals surface area contributed by atoms with Gasteiger partial charge in [-0.25, -0.2) is 4.98 Å². The van der Waals surface area contributed by atoms with Crippen molar-refractivity contribution in [2.75, 3.05) is 6.54 Å². The molecule has 5 nitrogen and oxygen atoms in total. The third kappa shape index (κ3) is 2.24. The van der Waals surface area contributed by atoms with E-state index in [1.54, 1.807) is 6.20 Å². The molecule has 0 bridgehead atoms. The van der Waals surface area contributed by atoms with E-state index in [0.717, 1.165) is 24.5 Å². The van der Waals surface area contributed by atoms with Crippen molar-refractivity contribution in [3.05, 3.63) is 54.1 Å². The van der Waals surface area contributed by atoms with Gasteiger partial charge in [-0.3, -0.25) is 9.69 Å². The molecule has 0 radical (unpaired) electrons. The van der Waals surface area contributed by atoms with Crippen LogP contribution < -0.4 is 0 Å². The highest BCUT2D eigenvalue weighted by Crippen LogP contribution is 2.25. The van der Waals surface area contributed by atoms with Gasteiger partial charge in [0.05, 0.1) is 6.54 Å². The molecule has 1 aromatic heterocycles. The molecule has 0 saturated carbocycles. The van der Waals surface area contributed by atoms with E-state index in [-0.39, 0.29) is 0 Å². The number of hydrogen-bond donors (Lipinski definition) is 1. The van der Waals surface area contributed by atoms with Crippen LogP contribution in [0.2, 0.25) is 0 Å². The van der Waals surface area contributed by atoms with Crippen LogP contribution >= 0.6 is 0 Å². The van der Waals surface area contributed by atoms with Gasteiger partial charge in [0.1, 0.15) is 11.9 Å². The molecule has 2 aromatic rings. The Morgan fingerprint density at radius 1 is 1.26 bits per heavy atom. The lowest BCUT2D eigenvalue weighted by atomic mass is 10.0. The number of imidazole rings is 1. The molecule has 1 N–H and O–H groups in total. The van der Waals surface area contributed by atoms with Crippen molar-refractivity contribution in [2.45, 2.75) is 19.1 Å². The van der Waals surface area contributed by atoms with Crippen molar-refractivity contribution in [2.24, 2.45) is 0 Å². The van der Waals surface area contributed by atoms with Crippen LogP contribution in [0.3, 0.4) is 0 Å². The van der Waals surface area contributed by atoms with Crippen molar-refractivity contribution in [3.8, 4) is 0 Å². The summed E-state index contributed by atoms with van der Waals surface area (Å²) < 4.78 is 2.07. The van der Waals surface area contributed by atoms with E-state index in [0.29, 0.717) is 6.54 Å². The first kappa shape index (κ1) is 11.9. The number of carboxylic acid groups (broad SMARTS) is 1. The molecule has 0 fully saturated rings. The Kier molecular flexibility index (Phi) is 3.05. The lowest BCUT2D eigenvalue weighted by Gasteiger charge is -2.32. The maximum atomic E-state index is 11.6. The number of hydrogen-bond acceptors (Lipinski definition) is 3. The summed E-state index contributed by atoms with van der Waals surface area (Å²) in [5.74, 6) is 0.111. The molecule has 19 heavy (non-hydrogen) atoms. The molecule has 0 spiro atoms. The maximum absolute atomic E-state index is 11.6. The summed E-state index contributed by atoms with van der Waals surface area (Å²) >= 11 is 0. The van der Waals surface area contributed by atoms with E-state index in [1.807, 2.05) is 41.4 Å². The number of carboxylic acids is 1. The Morgan fingerprint density at radius 2 is 2.05 bits per heavy atom. The van der Waals surface area contributed by atoms with Gasteiger partial charge in [-0.05, 0) is 5.56 Å². The standard InChI is InChI=1S/C14H15N3O2/c18-14(19)13(11-4-2-1-3-5-11)17-9-8-16-7-6-15-12(16)10-17/h1-7,13H,8-10H2,(H,18,19). The van der Waals surface area contributed by atoms with Crippen LogP contribution in [0.1, 0.15) is 17.4 Å². The molecule has 0 saturated heterocycles. The number of aromatic nitrogens is 2. The van der Waals surface area contributed by atoms with Gasteiger partial charge in [0.25, 0.3) is 0 Å². The predicted molar refractivity (Wildman–Crippen MR) is 69.5 cm³/mol. The normalized spacial score (nSPS) is 16.8. The van der Waals surface area contributed by atoms with Crippen LogP contribution in [0.5, 0.6) is 0 Å². The van der Waals surface area contributed by atoms with Gasteiger partial charge < -0.3 is 9.67 Å². The summed E-state index contributed by atoms with van der Waals surface area (Å²) in [7, 11) is 0. The highest BCUT2D eigenvalue weighted by Gasteiger charge is 2.30. The minimum absolute atomic E-state index is 0.568. The zero-order chi connectivity index (χ0) is 13.2. The molecular formula is C14H15N3O2. The fraction of sp³-hybridized carbons (Fsp3) is 0.286. The van der Waals surface area contributed by atoms with Gasteiger partial charge in [-0.1, -0.05) is 30.3 Å². The number of benzene rings is 1. The summed E-state index contributed by atoms with van der Waals surface area (Å²) in [5.41, 5.74) is 0.815. The van der Waals surface area contributed by atoms with Gasteiger partial charge in [0, 0.05) is 25.5 Å². The number of nitrogens with zero attached hydrogens (tertiary/aromatic N) is 3. The second-order valence-electron chi connectivity index (χ2n) is 4.66. The largest absolute Gasteiger partial charge is 0.480 e. The Hall–Kier alpha value is -2.14. The summed E-state index contributed by atoms with van der Waals surface area (Å²) in [6.07, 6.45) is 3.70. The molecule has 2 heterocycles. The average molecular weight is 257 g/mol. The molecule has 1 aliphatic heterocycles. The first-order chi connectivity index (χ1) is 9.25. The Labute approximate surface area is 111 Å². The smallest absolute Gasteiger partial charge is 0.325 e. The first-order valence-corrected chi connectivity index (χ1v) is 6.27. The Balaban J connectivity index is 1.89. The topological polar surface area (TPSA) is 58.4 Å². The zero-order valence-corrected chi connectivity index (χ0v) is 10.4. The van der Waals surface area contributed by atoms with Crippen molar-refractivity contribution in [1.29, 1.82) is 0 Å². The lowest BCUT2D eigenvalue weighted by molar-refractivity contribution is -0.144. The van der Waals surface area contributed by atoms with E-state index in [9.17, 15) is 9.90 Å². The van der Waals surface area contributed by atoms with E-state index < -0.39 is 12.0 Å². The van der Waals surface area contributed by atoms with E-state index in [4.69, 9.17) is 0 Å². The van der Waals surface area contributed by atoms with E-state index in [2.05, 4.69) is 9.55 Å². The number of carbonyl (C=O) groups is 1. The summed E-state index contributed by atoms with van der Waals surface area (Å²) in [6.45, 7) is 2.07. The monoisotopic (exact) mass is 257 g/mol. The highest BCUT2D eigenvalue weighted by molar-refractivity contribution is 5.75. The minimum Gasteiger partial charge on any atom is -0.480 e. The third-order valence-corrected chi connectivity index (χ3v) is 3.49. The fourth-order valence-corrected chi connectivity index (χ4v) is 2.56. The van der Waals surface area contributed by atoms with Gasteiger partial charge in [0.2, 0.25) is 0 Å². The van der Waals surface area contributed by atoms with Gasteiger partial charge in [-0.15, -0.1) is 0 Å². The van der Waals surface area contributed by atoms with Crippen molar-refractivity contribution >= 4 is 5.97 Å². The Bertz CT molecular complexity index is 579. The SMILES string of the molecule is O=C(O)C(c1ccccc1)N1CCn2ccnc2C1. The number of aliphatic carboxylic acids is 1. The second-order valence-corrected chi connectivity index (χ2v) is 4.66. The van der Waals surface area contributed by atoms with Crippen LogP contribution in [0.4, 0.5) is 0 Å². The fourth-order valence-electron chi connectivity index (χ4n) is 2.56. The zero-order valence-electron chi connectivity index (χ0n) is 10.4. The molecule has 98 valence electrons. The van der Waals surface area contributed by atoms with Crippen LogP contribution in [-0.4, -0.2) is 32.1 Å². The van der Waals surface area contributed by atoms with Crippen LogP contribution in [0.25, 0.3) is 0 Å². The summed E-state index contributed by atoms with van der Waals surface area (Å²) in [5, 5.41) is 9.51. The quantitative estimate of drug-likeness (QED) is 0.905. The molecule has 0 aliphatic carbocycles. The maximum Gasteiger partial charge on any atom is 0.325 e. The highest BCUT2D eigenvalue weighted by atomic mass is 16.4. The molecule has 1 aliphatic rings. The van der Waals surface area contributed by atoms with E-state index in [1.165, 1.54) is 0 Å². The number of rotatable bonds is 3. The Morgan fingerprint density at radius 3 is 2.79 bits per heavy atom. The average Bonchev–Trinajstić information content (AvgIpc) is 2.87. The van der Waals surface area contributed by atoms with Crippen LogP contribution in [-0.2, 0) is 17.9 Å². The second kappa shape index (κ2) is 4.85. The van der Waals surface area contributed by atoms with E-state index >= 15 is 0 Å². The summed E-state index contributed by atoms with van der Waals surface area (Å²) in [4.78, 5) is 17.8. The number of fused-ring (bicyclic) bond motifs is 1. The first-order valence-electron chi connectivity index (χ1n) is 6.27. The molecule has 3 rings (SSSR count). The third-order valence-electron chi connectivity index (χ3n) is 3.49. The van der Waals surface area contributed by atoms with Crippen molar-refractivity contribution in [1.82, 2.24) is 14.5 Å². The van der Waals surface area contributed by atoms with Gasteiger partial charge in [0.15, 0.2) is 0 Å². The molecule has 5 heteroatoms. The van der Waals surface area contributed by atoms with Crippen LogP contribution in [0, 0.1) is 0 Å². The molecular weight excluding hydrogens is 242 g/mol. The summed E-state index contributed by atoms with van der Waals surface area (Å²) in [6, 6.07) is 8.75. The van der Waals surface area contributed by atoms with Gasteiger partial charge >= 0.3 is 5.97 Å². The van der Waals surface area contributed by atoms with Crippen molar-refractivity contribution in [3.63, 3.8) is 0 Å². The molecule has 0 amide bonds. The minimum atomic E-state index is -0.814. The molecule has 1 unspecified atom stereocenters. The predicted octanol–water partition coefficient (Wildman–Crippen LogP) is 1.52. The van der Waals surface area contributed by atoms with Crippen molar-refractivity contribution < 1.29 is 9.90 Å². The van der Waals surface area contributed by atoms with Crippen LogP contribution in [0.15, 0.2) is 42.7 Å². The van der Waals surface area contributed by atoms with Gasteiger partial charge in [-0.2, -0.15) is 0 Å².